The molecule has 0 saturated heterocycles. The number of benzene rings is 1. The van der Waals surface area contributed by atoms with Gasteiger partial charge in [0.1, 0.15) is 0 Å². The SMILES string of the molecule is O=C(Cc1c[nH]c2ccccc12)N1CCc2[nH]ncc2C1. The molecule has 0 aliphatic carbocycles. The maximum absolute atomic E-state index is 12.5. The minimum absolute atomic E-state index is 0.173. The quantitative estimate of drug-likeness (QED) is 0.754. The first-order valence-electron chi connectivity index (χ1n) is 7.15. The second-order valence-electron chi connectivity index (χ2n) is 5.48. The number of rotatable bonds is 2. The first-order chi connectivity index (χ1) is 10.3. The number of nitrogens with one attached hydrogen (secondary N) is 2. The Morgan fingerprint density at radius 2 is 2.24 bits per heavy atom. The molecule has 0 spiro atoms. The van der Waals surface area contributed by atoms with Crippen LogP contribution in [0.5, 0.6) is 0 Å². The van der Waals surface area contributed by atoms with E-state index in [1.807, 2.05) is 35.5 Å². The predicted molar refractivity (Wildman–Crippen MR) is 79.7 cm³/mol. The van der Waals surface area contributed by atoms with E-state index in [1.165, 1.54) is 0 Å². The Balaban J connectivity index is 1.54. The number of hydrogen-bond acceptors (Lipinski definition) is 2. The van der Waals surface area contributed by atoms with Gasteiger partial charge in [0.25, 0.3) is 0 Å². The lowest BCUT2D eigenvalue weighted by atomic mass is 10.1. The lowest BCUT2D eigenvalue weighted by Crippen LogP contribution is -2.36. The number of aromatic nitrogens is 3. The number of fused-ring (bicyclic) bond motifs is 2. The monoisotopic (exact) mass is 280 g/mol. The van der Waals surface area contributed by atoms with Gasteiger partial charge in [0.2, 0.25) is 5.91 Å². The van der Waals surface area contributed by atoms with E-state index in [9.17, 15) is 4.79 Å². The number of para-hydroxylation sites is 1. The fraction of sp³-hybridized carbons (Fsp3) is 0.250. The summed E-state index contributed by atoms with van der Waals surface area (Å²) in [6.45, 7) is 1.42. The highest BCUT2D eigenvalue weighted by Crippen LogP contribution is 2.21. The van der Waals surface area contributed by atoms with Crippen LogP contribution < -0.4 is 0 Å². The highest BCUT2D eigenvalue weighted by atomic mass is 16.2. The van der Waals surface area contributed by atoms with Crippen molar-refractivity contribution >= 4 is 16.8 Å². The average Bonchev–Trinajstić information content (AvgIpc) is 3.13. The molecule has 5 heteroatoms. The summed E-state index contributed by atoms with van der Waals surface area (Å²) < 4.78 is 0. The number of carbonyl (C=O) groups excluding carboxylic acids is 1. The Morgan fingerprint density at radius 1 is 1.33 bits per heavy atom. The first-order valence-corrected chi connectivity index (χ1v) is 7.15. The van der Waals surface area contributed by atoms with E-state index in [-0.39, 0.29) is 5.91 Å². The Labute approximate surface area is 122 Å². The molecule has 0 unspecified atom stereocenters. The Bertz CT molecular complexity index is 801. The smallest absolute Gasteiger partial charge is 0.227 e. The highest BCUT2D eigenvalue weighted by molar-refractivity contribution is 5.88. The van der Waals surface area contributed by atoms with Crippen molar-refractivity contribution in [3.8, 4) is 0 Å². The van der Waals surface area contributed by atoms with Crippen molar-refractivity contribution in [3.63, 3.8) is 0 Å². The van der Waals surface area contributed by atoms with Crippen LogP contribution in [0.4, 0.5) is 0 Å². The summed E-state index contributed by atoms with van der Waals surface area (Å²) in [6, 6.07) is 8.08. The fourth-order valence-electron chi connectivity index (χ4n) is 2.99. The van der Waals surface area contributed by atoms with E-state index in [4.69, 9.17) is 0 Å². The molecule has 3 aromatic rings. The highest BCUT2D eigenvalue weighted by Gasteiger charge is 2.22. The molecule has 21 heavy (non-hydrogen) atoms. The summed E-state index contributed by atoms with van der Waals surface area (Å²) in [4.78, 5) is 17.7. The van der Waals surface area contributed by atoms with Gasteiger partial charge < -0.3 is 9.88 Å². The molecule has 1 aliphatic heterocycles. The van der Waals surface area contributed by atoms with Crippen LogP contribution in [-0.4, -0.2) is 32.5 Å². The summed E-state index contributed by atoms with van der Waals surface area (Å²) in [5.74, 6) is 0.173. The van der Waals surface area contributed by atoms with Crippen LogP contribution in [-0.2, 0) is 24.2 Å². The molecule has 0 saturated carbocycles. The van der Waals surface area contributed by atoms with Gasteiger partial charge in [-0.2, -0.15) is 5.10 Å². The van der Waals surface area contributed by atoms with Crippen molar-refractivity contribution in [2.75, 3.05) is 6.54 Å². The molecule has 0 bridgehead atoms. The molecule has 106 valence electrons. The fourth-order valence-corrected chi connectivity index (χ4v) is 2.99. The van der Waals surface area contributed by atoms with E-state index in [1.54, 1.807) is 0 Å². The van der Waals surface area contributed by atoms with Crippen LogP contribution in [0.25, 0.3) is 10.9 Å². The van der Waals surface area contributed by atoms with E-state index in [2.05, 4.69) is 21.2 Å². The standard InChI is InChI=1S/C16H16N4O/c21-16(20-6-5-14-12(10-20)9-18-19-14)7-11-8-17-15-4-2-1-3-13(11)15/h1-4,8-9,17H,5-7,10H2,(H,18,19). The molecule has 5 nitrogen and oxygen atoms in total. The minimum atomic E-state index is 0.173. The third kappa shape index (κ3) is 2.11. The minimum Gasteiger partial charge on any atom is -0.361 e. The first kappa shape index (κ1) is 12.2. The van der Waals surface area contributed by atoms with Crippen LogP contribution >= 0.6 is 0 Å². The van der Waals surface area contributed by atoms with Crippen LogP contribution in [0.15, 0.2) is 36.7 Å². The molecule has 1 aliphatic rings. The molecule has 0 atom stereocenters. The number of hydrogen-bond donors (Lipinski definition) is 2. The van der Waals surface area contributed by atoms with Crippen molar-refractivity contribution in [3.05, 3.63) is 53.5 Å². The van der Waals surface area contributed by atoms with Gasteiger partial charge >= 0.3 is 0 Å². The summed E-state index contributed by atoms with van der Waals surface area (Å²) in [7, 11) is 0. The average molecular weight is 280 g/mol. The number of amides is 1. The molecular formula is C16H16N4O. The molecule has 3 heterocycles. The van der Waals surface area contributed by atoms with Gasteiger partial charge in [0, 0.05) is 47.9 Å². The van der Waals surface area contributed by atoms with Crippen LogP contribution in [0.1, 0.15) is 16.8 Å². The maximum atomic E-state index is 12.5. The topological polar surface area (TPSA) is 64.8 Å². The van der Waals surface area contributed by atoms with Crippen molar-refractivity contribution in [1.29, 1.82) is 0 Å². The van der Waals surface area contributed by atoms with Crippen LogP contribution in [0.2, 0.25) is 0 Å². The van der Waals surface area contributed by atoms with Crippen LogP contribution in [0.3, 0.4) is 0 Å². The van der Waals surface area contributed by atoms with E-state index >= 15 is 0 Å². The molecule has 4 rings (SSSR count). The van der Waals surface area contributed by atoms with Crippen molar-refractivity contribution in [2.24, 2.45) is 0 Å². The van der Waals surface area contributed by atoms with Crippen molar-refractivity contribution in [1.82, 2.24) is 20.1 Å². The lowest BCUT2D eigenvalue weighted by Gasteiger charge is -2.26. The zero-order valence-corrected chi connectivity index (χ0v) is 11.6. The van der Waals surface area contributed by atoms with Gasteiger partial charge in [-0.05, 0) is 11.6 Å². The van der Waals surface area contributed by atoms with E-state index in [0.717, 1.165) is 40.7 Å². The number of aromatic amines is 2. The Hall–Kier alpha value is -2.56. The van der Waals surface area contributed by atoms with Gasteiger partial charge in [-0.25, -0.2) is 0 Å². The molecule has 0 fully saturated rings. The second-order valence-corrected chi connectivity index (χ2v) is 5.48. The molecule has 1 aromatic carbocycles. The summed E-state index contributed by atoms with van der Waals surface area (Å²) in [5, 5.41) is 8.17. The number of carbonyl (C=O) groups is 1. The normalized spacial score (nSPS) is 14.4. The van der Waals surface area contributed by atoms with Gasteiger partial charge in [-0.1, -0.05) is 18.2 Å². The molecule has 2 N–H and O–H groups in total. The van der Waals surface area contributed by atoms with Gasteiger partial charge in [-0.15, -0.1) is 0 Å². The maximum Gasteiger partial charge on any atom is 0.227 e. The largest absolute Gasteiger partial charge is 0.361 e. The summed E-state index contributed by atoms with van der Waals surface area (Å²) in [5.41, 5.74) is 4.43. The van der Waals surface area contributed by atoms with Crippen molar-refractivity contribution < 1.29 is 4.79 Å². The Morgan fingerprint density at radius 3 is 3.19 bits per heavy atom. The molecule has 1 amide bonds. The van der Waals surface area contributed by atoms with Gasteiger partial charge in [0.15, 0.2) is 0 Å². The molecule has 0 radical (unpaired) electrons. The number of H-pyrrole nitrogens is 2. The zero-order valence-electron chi connectivity index (χ0n) is 11.6. The van der Waals surface area contributed by atoms with Crippen molar-refractivity contribution in [2.45, 2.75) is 19.4 Å². The Kier molecular flexibility index (Phi) is 2.77. The van der Waals surface area contributed by atoms with Crippen LogP contribution in [0, 0.1) is 0 Å². The summed E-state index contributed by atoms with van der Waals surface area (Å²) >= 11 is 0. The van der Waals surface area contributed by atoms with Gasteiger partial charge in [-0.3, -0.25) is 9.89 Å². The van der Waals surface area contributed by atoms with E-state index in [0.29, 0.717) is 13.0 Å². The third-order valence-electron chi connectivity index (χ3n) is 4.17. The zero-order chi connectivity index (χ0) is 14.2. The summed E-state index contributed by atoms with van der Waals surface area (Å²) in [6.07, 6.45) is 5.06. The van der Waals surface area contributed by atoms with Gasteiger partial charge in [0.05, 0.1) is 12.6 Å². The second kappa shape index (κ2) is 4.77. The third-order valence-corrected chi connectivity index (χ3v) is 4.17. The predicted octanol–water partition coefficient (Wildman–Crippen LogP) is 2.02. The lowest BCUT2D eigenvalue weighted by molar-refractivity contribution is -0.131. The molecular weight excluding hydrogens is 264 g/mol. The van der Waals surface area contributed by atoms with E-state index < -0.39 is 0 Å². The molecule has 2 aromatic heterocycles. The number of nitrogens with zero attached hydrogens (tertiary/aromatic N) is 2.